The number of hydrogen-bond acceptors (Lipinski definition) is 7. The molecule has 1 aromatic carbocycles. The summed E-state index contributed by atoms with van der Waals surface area (Å²) in [6.45, 7) is 15.0. The van der Waals surface area contributed by atoms with E-state index in [0.29, 0.717) is 18.4 Å². The summed E-state index contributed by atoms with van der Waals surface area (Å²) in [6, 6.07) is 6.31. The summed E-state index contributed by atoms with van der Waals surface area (Å²) in [5.41, 5.74) is 1.16. The lowest BCUT2D eigenvalue weighted by Crippen LogP contribution is -2.62. The summed E-state index contributed by atoms with van der Waals surface area (Å²) in [5, 5.41) is 0. The molecule has 5 fully saturated rings. The van der Waals surface area contributed by atoms with Gasteiger partial charge in [-0.1, -0.05) is 46.8 Å². The lowest BCUT2D eigenvalue weighted by Gasteiger charge is -2.61. The van der Waals surface area contributed by atoms with Crippen LogP contribution in [0.3, 0.4) is 0 Å². The van der Waals surface area contributed by atoms with Gasteiger partial charge in [0.2, 0.25) is 0 Å². The summed E-state index contributed by atoms with van der Waals surface area (Å²) < 4.78 is 27.6. The molecular formula is C40H51IO7. The molecule has 7 nitrogen and oxygen atoms in total. The standard InChI is InChI=1S/C40H51IO7/c1-21-19-45-40(29(21)16-26-8-9-27(41)17-31(26)48-40)35(47-25(5)43)23(3)34-32(46-24(4)42)18-37(7)33-11-10-28-22(2)30(44)12-13-38(28)20-39(33,38)15-14-36(34,37)6/h8-9,12-13,17,21-23,28-29,32-35H,10-11,14-16,18-20H2,1-7H3/t21?,22-,23-,28-,29?,32-,33-,34-,35+,36+,37-,38+,39-,40?/m0/s1. The van der Waals surface area contributed by atoms with Crippen LogP contribution in [0.25, 0.3) is 0 Å². The number of ether oxygens (including phenoxy) is 4. The molecule has 3 unspecified atom stereocenters. The molecule has 14 atom stereocenters. The van der Waals surface area contributed by atoms with Gasteiger partial charge in [-0.15, -0.1) is 0 Å². The third-order valence-corrected chi connectivity index (χ3v) is 16.3. The first-order valence-corrected chi connectivity index (χ1v) is 19.4. The van der Waals surface area contributed by atoms with Crippen LogP contribution in [0.15, 0.2) is 30.4 Å². The quantitative estimate of drug-likeness (QED) is 0.224. The average Bonchev–Trinajstić information content (AvgIpc) is 3.50. The van der Waals surface area contributed by atoms with Gasteiger partial charge in [0.25, 0.3) is 5.79 Å². The highest BCUT2D eigenvalue weighted by atomic mass is 127. The lowest BCUT2D eigenvalue weighted by atomic mass is 9.43. The second-order valence-electron chi connectivity index (χ2n) is 17.4. The number of fused-ring (bicyclic) bond motifs is 4. The van der Waals surface area contributed by atoms with Crippen LogP contribution < -0.4 is 4.74 Å². The molecule has 0 bridgehead atoms. The maximum absolute atomic E-state index is 13.0. The van der Waals surface area contributed by atoms with Gasteiger partial charge in [-0.3, -0.25) is 14.4 Å². The Labute approximate surface area is 298 Å². The van der Waals surface area contributed by atoms with Gasteiger partial charge in [0.1, 0.15) is 11.9 Å². The van der Waals surface area contributed by atoms with E-state index in [1.807, 2.05) is 6.08 Å². The molecule has 2 spiro atoms. The first-order chi connectivity index (χ1) is 22.6. The minimum Gasteiger partial charge on any atom is -0.462 e. The SMILES string of the molecule is CC(=O)O[C@H]1C[C@@]2(C)[C@@H]3CC[C@H]4[C@H](C)C(=O)C=C[C@@]45C[C@@]35CC[C@]2(C)[C@H]1[C@H](C)[C@@H](OC(C)=O)C12OCC(C)C1Cc1ccc(I)cc1O2. The molecule has 0 amide bonds. The molecule has 5 aliphatic carbocycles. The van der Waals surface area contributed by atoms with Crippen molar-refractivity contribution in [1.29, 1.82) is 0 Å². The van der Waals surface area contributed by atoms with Crippen LogP contribution in [0.4, 0.5) is 0 Å². The van der Waals surface area contributed by atoms with Crippen molar-refractivity contribution < 1.29 is 33.3 Å². The molecule has 260 valence electrons. The van der Waals surface area contributed by atoms with Crippen LogP contribution in [-0.4, -0.2) is 42.3 Å². The van der Waals surface area contributed by atoms with E-state index in [9.17, 15) is 14.4 Å². The highest BCUT2D eigenvalue weighted by molar-refractivity contribution is 14.1. The molecule has 8 rings (SSSR count). The zero-order chi connectivity index (χ0) is 34.2. The third-order valence-electron chi connectivity index (χ3n) is 15.6. The number of allylic oxidation sites excluding steroid dienone is 2. The van der Waals surface area contributed by atoms with Gasteiger partial charge in [-0.2, -0.15) is 0 Å². The Bertz CT molecular complexity index is 1610. The maximum Gasteiger partial charge on any atom is 0.303 e. The monoisotopic (exact) mass is 770 g/mol. The Hall–Kier alpha value is -1.94. The number of ketones is 1. The van der Waals surface area contributed by atoms with E-state index in [2.05, 4.69) is 81.5 Å². The van der Waals surface area contributed by atoms with Crippen LogP contribution in [0, 0.1) is 66.7 Å². The average molecular weight is 771 g/mol. The predicted octanol–water partition coefficient (Wildman–Crippen LogP) is 7.71. The molecule has 48 heavy (non-hydrogen) atoms. The van der Waals surface area contributed by atoms with E-state index in [1.165, 1.54) is 13.8 Å². The lowest BCUT2D eigenvalue weighted by molar-refractivity contribution is -0.267. The van der Waals surface area contributed by atoms with Gasteiger partial charge in [-0.05, 0) is 131 Å². The Morgan fingerprint density at radius 1 is 1.04 bits per heavy atom. The van der Waals surface area contributed by atoms with Crippen molar-refractivity contribution in [2.75, 3.05) is 6.61 Å². The molecule has 1 saturated heterocycles. The molecule has 0 aromatic heterocycles. The van der Waals surface area contributed by atoms with Gasteiger partial charge >= 0.3 is 11.9 Å². The highest BCUT2D eigenvalue weighted by Crippen LogP contribution is 2.87. The molecule has 0 radical (unpaired) electrons. The zero-order valence-corrected chi connectivity index (χ0v) is 31.6. The zero-order valence-electron chi connectivity index (χ0n) is 29.5. The summed E-state index contributed by atoms with van der Waals surface area (Å²) in [6.07, 6.45) is 10.2. The van der Waals surface area contributed by atoms with Crippen LogP contribution in [0.5, 0.6) is 5.75 Å². The molecule has 1 aromatic rings. The first kappa shape index (κ1) is 33.2. The summed E-state index contributed by atoms with van der Waals surface area (Å²) in [5.74, 6) is 0.194. The fourth-order valence-corrected chi connectivity index (χ4v) is 13.9. The number of hydrogen-bond donors (Lipinski definition) is 0. The number of esters is 2. The largest absolute Gasteiger partial charge is 0.462 e. The van der Waals surface area contributed by atoms with Crippen molar-refractivity contribution in [2.24, 2.45) is 63.1 Å². The van der Waals surface area contributed by atoms with Gasteiger partial charge in [-0.25, -0.2) is 0 Å². The maximum atomic E-state index is 13.0. The Morgan fingerprint density at radius 2 is 1.81 bits per heavy atom. The van der Waals surface area contributed by atoms with Crippen molar-refractivity contribution in [2.45, 2.75) is 111 Å². The van der Waals surface area contributed by atoms with E-state index < -0.39 is 11.9 Å². The molecule has 8 heteroatoms. The van der Waals surface area contributed by atoms with Gasteiger partial charge < -0.3 is 18.9 Å². The van der Waals surface area contributed by atoms with Crippen LogP contribution in [0.1, 0.15) is 92.6 Å². The van der Waals surface area contributed by atoms with E-state index >= 15 is 0 Å². The molecule has 4 saturated carbocycles. The molecule has 0 N–H and O–H groups in total. The van der Waals surface area contributed by atoms with Crippen LogP contribution >= 0.6 is 22.6 Å². The van der Waals surface area contributed by atoms with Crippen molar-refractivity contribution in [3.63, 3.8) is 0 Å². The Balaban J connectivity index is 1.20. The van der Waals surface area contributed by atoms with Crippen LogP contribution in [0.2, 0.25) is 0 Å². The second kappa shape index (κ2) is 10.8. The number of carbonyl (C=O) groups is 3. The normalized spacial score (nSPS) is 47.6. The number of rotatable bonds is 5. The Kier molecular flexibility index (Phi) is 7.46. The topological polar surface area (TPSA) is 88.1 Å². The minimum absolute atomic E-state index is 0.00337. The molecule has 7 aliphatic rings. The van der Waals surface area contributed by atoms with Crippen molar-refractivity contribution in [1.82, 2.24) is 0 Å². The van der Waals surface area contributed by atoms with E-state index in [4.69, 9.17) is 18.9 Å². The summed E-state index contributed by atoms with van der Waals surface area (Å²) in [4.78, 5) is 38.7. The predicted molar refractivity (Wildman–Crippen MR) is 188 cm³/mol. The van der Waals surface area contributed by atoms with Crippen molar-refractivity contribution in [3.05, 3.63) is 39.5 Å². The van der Waals surface area contributed by atoms with Crippen molar-refractivity contribution >= 4 is 40.3 Å². The second-order valence-corrected chi connectivity index (χ2v) is 18.7. The number of halogens is 1. The molecule has 2 aliphatic heterocycles. The van der Waals surface area contributed by atoms with Crippen molar-refractivity contribution in [3.8, 4) is 5.75 Å². The van der Waals surface area contributed by atoms with Gasteiger partial charge in [0.05, 0.1) is 6.61 Å². The number of carbonyl (C=O) groups excluding carboxylic acids is 3. The van der Waals surface area contributed by atoms with Gasteiger partial charge in [0, 0.05) is 41.1 Å². The third kappa shape index (κ3) is 4.22. The van der Waals surface area contributed by atoms with E-state index in [0.717, 1.165) is 59.8 Å². The Morgan fingerprint density at radius 3 is 2.54 bits per heavy atom. The molecule has 2 heterocycles. The van der Waals surface area contributed by atoms with Gasteiger partial charge in [0.15, 0.2) is 11.9 Å². The summed E-state index contributed by atoms with van der Waals surface area (Å²) in [7, 11) is 0. The molecular weight excluding hydrogens is 719 g/mol. The fraction of sp³-hybridized carbons (Fsp3) is 0.725. The number of benzene rings is 1. The first-order valence-electron chi connectivity index (χ1n) is 18.3. The minimum atomic E-state index is -1.14. The van der Waals surface area contributed by atoms with Crippen LogP contribution in [-0.2, 0) is 35.0 Å². The summed E-state index contributed by atoms with van der Waals surface area (Å²) >= 11 is 2.31. The smallest absolute Gasteiger partial charge is 0.303 e. The van der Waals surface area contributed by atoms with E-state index in [-0.39, 0.29) is 75.1 Å². The fourth-order valence-electron chi connectivity index (χ4n) is 13.5. The van der Waals surface area contributed by atoms with E-state index in [1.54, 1.807) is 0 Å². The highest BCUT2D eigenvalue weighted by Gasteiger charge is 2.82.